The third-order valence-corrected chi connectivity index (χ3v) is 6.98. The maximum Gasteiger partial charge on any atom is 0.327 e. The lowest BCUT2D eigenvalue weighted by molar-refractivity contribution is -0.148. The van der Waals surface area contributed by atoms with Crippen molar-refractivity contribution in [3.63, 3.8) is 0 Å². The van der Waals surface area contributed by atoms with Crippen molar-refractivity contribution in [1.82, 2.24) is 14.7 Å². The molecule has 1 amide bonds. The number of ether oxygens (including phenoxy) is 2. The summed E-state index contributed by atoms with van der Waals surface area (Å²) in [5, 5.41) is 0.0201. The summed E-state index contributed by atoms with van der Waals surface area (Å²) in [7, 11) is 1.31. The van der Waals surface area contributed by atoms with E-state index in [1.807, 2.05) is 9.80 Å². The van der Waals surface area contributed by atoms with Gasteiger partial charge in [0.15, 0.2) is 0 Å². The molecule has 2 fully saturated rings. The van der Waals surface area contributed by atoms with Crippen molar-refractivity contribution in [2.24, 2.45) is 0 Å². The number of piperazine rings is 1. The average Bonchev–Trinajstić information content (AvgIpc) is 2.85. The van der Waals surface area contributed by atoms with Crippen LogP contribution in [0.25, 0.3) is 0 Å². The average molecular weight is 508 g/mol. The minimum absolute atomic E-state index is 0.0167. The molecule has 2 aliphatic rings. The van der Waals surface area contributed by atoms with Gasteiger partial charge in [-0.2, -0.15) is 12.6 Å². The van der Waals surface area contributed by atoms with Crippen LogP contribution in [-0.2, 0) is 23.9 Å². The second-order valence-electron chi connectivity index (χ2n) is 8.67. The van der Waals surface area contributed by atoms with Gasteiger partial charge in [0.2, 0.25) is 5.91 Å². The van der Waals surface area contributed by atoms with Gasteiger partial charge in [0.25, 0.3) is 0 Å². The molecule has 35 heavy (non-hydrogen) atoms. The number of benzene rings is 1. The van der Waals surface area contributed by atoms with E-state index in [2.05, 4.69) is 6.08 Å². The van der Waals surface area contributed by atoms with Gasteiger partial charge in [0.05, 0.1) is 26.7 Å². The molecule has 2 unspecified atom stereocenters. The number of nitrogens with zero attached hydrogens (tertiary/aromatic N) is 3. The number of rotatable bonds is 9. The molecule has 0 spiro atoms. The molecule has 2 atom stereocenters. The summed E-state index contributed by atoms with van der Waals surface area (Å²) >= 11 is 4.72. The van der Waals surface area contributed by atoms with Crippen LogP contribution in [0.1, 0.15) is 31.4 Å². The Morgan fingerprint density at radius 3 is 2.69 bits per heavy atom. The van der Waals surface area contributed by atoms with Crippen molar-refractivity contribution < 1.29 is 28.2 Å². The van der Waals surface area contributed by atoms with E-state index in [0.29, 0.717) is 57.9 Å². The highest BCUT2D eigenvalue weighted by Gasteiger charge is 2.34. The lowest BCUT2D eigenvalue weighted by Gasteiger charge is -2.37. The number of thiol groups is 1. The number of amides is 1. The van der Waals surface area contributed by atoms with Crippen LogP contribution in [0.4, 0.5) is 4.39 Å². The largest absolute Gasteiger partial charge is 0.468 e. The Labute approximate surface area is 211 Å². The summed E-state index contributed by atoms with van der Waals surface area (Å²) < 4.78 is 24.5. The number of halogens is 1. The number of methoxy groups -OCH3 is 1. The molecule has 0 saturated carbocycles. The van der Waals surface area contributed by atoms with E-state index >= 15 is 0 Å². The van der Waals surface area contributed by atoms with E-state index < -0.39 is 17.8 Å². The highest BCUT2D eigenvalue weighted by atomic mass is 32.1. The molecule has 2 saturated heterocycles. The number of hydrogen-bond donors (Lipinski definition) is 1. The first-order chi connectivity index (χ1) is 16.8. The second-order valence-corrected chi connectivity index (χ2v) is 9.30. The van der Waals surface area contributed by atoms with Gasteiger partial charge in [-0.3, -0.25) is 19.4 Å². The Balaban J connectivity index is 1.61. The molecule has 8 nitrogen and oxygen atoms in total. The topological polar surface area (TPSA) is 79.4 Å². The van der Waals surface area contributed by atoms with Gasteiger partial charge < -0.3 is 14.4 Å². The van der Waals surface area contributed by atoms with Crippen LogP contribution in [0.5, 0.6) is 0 Å². The van der Waals surface area contributed by atoms with Crippen molar-refractivity contribution >= 4 is 30.5 Å². The van der Waals surface area contributed by atoms with Crippen LogP contribution < -0.4 is 0 Å². The van der Waals surface area contributed by atoms with Gasteiger partial charge in [-0.1, -0.05) is 24.3 Å². The molecular weight excluding hydrogens is 473 g/mol. The van der Waals surface area contributed by atoms with E-state index in [0.717, 1.165) is 5.57 Å². The fraction of sp³-hybridized carbons (Fsp3) is 0.560. The Morgan fingerprint density at radius 1 is 1.23 bits per heavy atom. The summed E-state index contributed by atoms with van der Waals surface area (Å²) in [5.41, 5.74) is 1.32. The number of esters is 2. The Kier molecular flexibility index (Phi) is 10.1. The van der Waals surface area contributed by atoms with Crippen LogP contribution in [0.3, 0.4) is 0 Å². The number of hydrogen-bond acceptors (Lipinski definition) is 8. The maximum absolute atomic E-state index is 14.5. The van der Waals surface area contributed by atoms with Gasteiger partial charge >= 0.3 is 11.9 Å². The van der Waals surface area contributed by atoms with Gasteiger partial charge in [-0.15, -0.1) is 0 Å². The van der Waals surface area contributed by atoms with Crippen molar-refractivity contribution in [2.45, 2.75) is 31.1 Å². The Bertz CT molecular complexity index is 943. The zero-order valence-corrected chi connectivity index (χ0v) is 21.2. The van der Waals surface area contributed by atoms with Crippen molar-refractivity contribution in [1.29, 1.82) is 0 Å². The van der Waals surface area contributed by atoms with Crippen molar-refractivity contribution in [3.05, 3.63) is 47.3 Å². The third-order valence-electron chi connectivity index (χ3n) is 6.39. The minimum atomic E-state index is -0.838. The SMILES string of the molecule is CCOC(=O)CCN1CCN(C/C=C2/CN(C(C(=O)OC)c3ccccc3F)CCC2S)CC1=O. The first-order valence-electron chi connectivity index (χ1n) is 11.9. The van der Waals surface area contributed by atoms with E-state index in [4.69, 9.17) is 22.1 Å². The van der Waals surface area contributed by atoms with E-state index in [9.17, 15) is 18.8 Å². The highest BCUT2D eigenvalue weighted by Crippen LogP contribution is 2.31. The molecule has 0 aliphatic carbocycles. The zero-order chi connectivity index (χ0) is 25.4. The smallest absolute Gasteiger partial charge is 0.327 e. The van der Waals surface area contributed by atoms with E-state index in [1.54, 1.807) is 30.0 Å². The lowest BCUT2D eigenvalue weighted by Crippen LogP contribution is -2.50. The molecule has 0 N–H and O–H groups in total. The van der Waals surface area contributed by atoms with Crippen LogP contribution in [0, 0.1) is 5.82 Å². The maximum atomic E-state index is 14.5. The van der Waals surface area contributed by atoms with Gasteiger partial charge in [-0.05, 0) is 25.0 Å². The molecule has 3 rings (SSSR count). The second kappa shape index (κ2) is 13.0. The third kappa shape index (κ3) is 7.28. The highest BCUT2D eigenvalue weighted by molar-refractivity contribution is 7.81. The summed E-state index contributed by atoms with van der Waals surface area (Å²) in [5.74, 6) is -1.26. The molecular formula is C25H34FN3O5S. The van der Waals surface area contributed by atoms with Crippen LogP contribution in [0.2, 0.25) is 0 Å². The number of carbonyl (C=O) groups excluding carboxylic acids is 3. The first-order valence-corrected chi connectivity index (χ1v) is 12.4. The summed E-state index contributed by atoms with van der Waals surface area (Å²) in [6.07, 6.45) is 2.96. The van der Waals surface area contributed by atoms with Crippen molar-refractivity contribution in [2.75, 3.05) is 59.5 Å². The van der Waals surface area contributed by atoms with E-state index in [1.165, 1.54) is 13.2 Å². The molecule has 192 valence electrons. The predicted octanol–water partition coefficient (Wildman–Crippen LogP) is 2.07. The van der Waals surface area contributed by atoms with Gasteiger partial charge in [-0.25, -0.2) is 9.18 Å². The quantitative estimate of drug-likeness (QED) is 0.311. The monoisotopic (exact) mass is 507 g/mol. The Hall–Kier alpha value is -2.43. The zero-order valence-electron chi connectivity index (χ0n) is 20.3. The summed E-state index contributed by atoms with van der Waals surface area (Å²) in [6.45, 7) is 5.58. The van der Waals surface area contributed by atoms with E-state index in [-0.39, 0.29) is 30.1 Å². The first kappa shape index (κ1) is 27.2. The molecule has 0 radical (unpaired) electrons. The Morgan fingerprint density at radius 2 is 2.00 bits per heavy atom. The predicted molar refractivity (Wildman–Crippen MR) is 132 cm³/mol. The standard InChI is InChI=1S/C25H34FN3O5S/c1-3-34-23(31)10-13-28-15-14-27(17-22(28)30)11-8-18-16-29(12-9-21(18)35)24(25(32)33-2)19-6-4-5-7-20(19)26/h4-8,21,24,35H,3,9-17H2,1-2H3/b18-8-. The van der Waals surface area contributed by atoms with Crippen LogP contribution in [0.15, 0.2) is 35.9 Å². The molecule has 1 aromatic carbocycles. The molecule has 2 heterocycles. The van der Waals surface area contributed by atoms with Crippen LogP contribution in [-0.4, -0.2) is 97.3 Å². The van der Waals surface area contributed by atoms with Crippen LogP contribution >= 0.6 is 12.6 Å². The summed E-state index contributed by atoms with van der Waals surface area (Å²) in [4.78, 5) is 42.4. The van der Waals surface area contributed by atoms with Gasteiger partial charge in [0.1, 0.15) is 11.9 Å². The number of piperidine rings is 1. The number of likely N-dealkylation sites (tertiary alicyclic amines) is 1. The van der Waals surface area contributed by atoms with Gasteiger partial charge in [0, 0.05) is 50.1 Å². The molecule has 1 aromatic rings. The minimum Gasteiger partial charge on any atom is -0.468 e. The molecule has 2 aliphatic heterocycles. The fourth-order valence-electron chi connectivity index (χ4n) is 4.45. The summed E-state index contributed by atoms with van der Waals surface area (Å²) in [6, 6.07) is 5.42. The molecule has 0 aromatic heterocycles. The molecule has 10 heteroatoms. The van der Waals surface area contributed by atoms with Crippen molar-refractivity contribution in [3.8, 4) is 0 Å². The normalized spacial score (nSPS) is 21.7. The fourth-order valence-corrected chi connectivity index (χ4v) is 4.75. The number of carbonyl (C=O) groups is 3. The molecule has 0 bridgehead atoms. The lowest BCUT2D eigenvalue weighted by atomic mass is 9.97.